The van der Waals surface area contributed by atoms with Crippen LogP contribution in [-0.2, 0) is 25.7 Å². The van der Waals surface area contributed by atoms with E-state index < -0.39 is 0 Å². The minimum atomic E-state index is 1.11. The van der Waals surface area contributed by atoms with E-state index in [2.05, 4.69) is 84.9 Å². The first-order valence-corrected chi connectivity index (χ1v) is 9.76. The van der Waals surface area contributed by atoms with Crippen molar-refractivity contribution < 1.29 is 0 Å². The maximum atomic E-state index is 2.46. The highest BCUT2D eigenvalue weighted by atomic mass is 14.2. The van der Waals surface area contributed by atoms with Crippen LogP contribution in [0.5, 0.6) is 0 Å². The molecule has 3 aromatic rings. The van der Waals surface area contributed by atoms with Crippen LogP contribution < -0.4 is 0 Å². The van der Waals surface area contributed by atoms with Gasteiger partial charge in [0.1, 0.15) is 0 Å². The topological polar surface area (TPSA) is 0 Å². The van der Waals surface area contributed by atoms with E-state index in [1.165, 1.54) is 47.9 Å². The highest BCUT2D eigenvalue weighted by molar-refractivity contribution is 5.55. The molecule has 0 bridgehead atoms. The number of aryl methyl sites for hydroxylation is 3. The SMILES string of the molecule is C(=C1/CCc2ccc(CCCc3ccccc3)cc2C1)/c1ccccc1. The van der Waals surface area contributed by atoms with Gasteiger partial charge in [-0.1, -0.05) is 90.5 Å². The third-order valence-electron chi connectivity index (χ3n) is 5.35. The molecule has 1 aliphatic carbocycles. The summed E-state index contributed by atoms with van der Waals surface area (Å²) in [6.07, 6.45) is 9.40. The van der Waals surface area contributed by atoms with Crippen LogP contribution in [0.4, 0.5) is 0 Å². The predicted molar refractivity (Wildman–Crippen MR) is 111 cm³/mol. The molecule has 0 heterocycles. The smallest absolute Gasteiger partial charge is 0.00608 e. The molecule has 130 valence electrons. The first kappa shape index (κ1) is 16.8. The Balaban J connectivity index is 1.42. The summed E-state index contributed by atoms with van der Waals surface area (Å²) in [7, 11) is 0. The van der Waals surface area contributed by atoms with Gasteiger partial charge in [0.2, 0.25) is 0 Å². The van der Waals surface area contributed by atoms with Crippen LogP contribution in [0, 0.1) is 0 Å². The van der Waals surface area contributed by atoms with E-state index >= 15 is 0 Å². The summed E-state index contributed by atoms with van der Waals surface area (Å²) in [4.78, 5) is 0. The van der Waals surface area contributed by atoms with Crippen LogP contribution >= 0.6 is 0 Å². The zero-order chi connectivity index (χ0) is 17.6. The second-order valence-electron chi connectivity index (χ2n) is 7.33. The van der Waals surface area contributed by atoms with Crippen molar-refractivity contribution in [3.63, 3.8) is 0 Å². The molecule has 4 rings (SSSR count). The molecular formula is C26H26. The fourth-order valence-corrected chi connectivity index (χ4v) is 3.92. The van der Waals surface area contributed by atoms with Crippen LogP contribution in [0.25, 0.3) is 6.08 Å². The molecule has 0 heteroatoms. The summed E-state index contributed by atoms with van der Waals surface area (Å²) in [5, 5.41) is 0. The molecule has 0 aliphatic heterocycles. The summed E-state index contributed by atoms with van der Waals surface area (Å²) in [5.74, 6) is 0. The van der Waals surface area contributed by atoms with Crippen molar-refractivity contribution in [1.29, 1.82) is 0 Å². The summed E-state index contributed by atoms with van der Waals surface area (Å²) in [6.45, 7) is 0. The molecule has 0 saturated carbocycles. The Labute approximate surface area is 157 Å². The molecule has 1 aliphatic rings. The van der Waals surface area contributed by atoms with Crippen LogP contribution in [-0.4, -0.2) is 0 Å². The van der Waals surface area contributed by atoms with E-state index in [1.807, 2.05) is 0 Å². The van der Waals surface area contributed by atoms with Gasteiger partial charge >= 0.3 is 0 Å². The van der Waals surface area contributed by atoms with E-state index in [-0.39, 0.29) is 0 Å². The van der Waals surface area contributed by atoms with Gasteiger partial charge in [-0.25, -0.2) is 0 Å². The van der Waals surface area contributed by atoms with Crippen molar-refractivity contribution >= 4 is 6.08 Å². The number of fused-ring (bicyclic) bond motifs is 1. The predicted octanol–water partition coefficient (Wildman–Crippen LogP) is 6.43. The molecule has 26 heavy (non-hydrogen) atoms. The second kappa shape index (κ2) is 8.19. The molecule has 0 amide bonds. The lowest BCUT2D eigenvalue weighted by molar-refractivity contribution is 0.807. The Hall–Kier alpha value is -2.60. The van der Waals surface area contributed by atoms with E-state index in [4.69, 9.17) is 0 Å². The molecule has 0 nitrogen and oxygen atoms in total. The van der Waals surface area contributed by atoms with Gasteiger partial charge in [-0.15, -0.1) is 0 Å². The summed E-state index contributed by atoms with van der Waals surface area (Å²) >= 11 is 0. The lowest BCUT2D eigenvalue weighted by Crippen LogP contribution is -2.06. The molecule has 0 unspecified atom stereocenters. The number of allylic oxidation sites excluding steroid dienone is 1. The van der Waals surface area contributed by atoms with Gasteiger partial charge in [0, 0.05) is 0 Å². The largest absolute Gasteiger partial charge is 0.0649 e. The van der Waals surface area contributed by atoms with Gasteiger partial charge in [-0.3, -0.25) is 0 Å². The first-order chi connectivity index (χ1) is 12.9. The fourth-order valence-electron chi connectivity index (χ4n) is 3.92. The number of hydrogen-bond donors (Lipinski definition) is 0. The van der Waals surface area contributed by atoms with Crippen LogP contribution in [0.3, 0.4) is 0 Å². The fraction of sp³-hybridized carbons (Fsp3) is 0.231. The molecule has 0 atom stereocenters. The third-order valence-corrected chi connectivity index (χ3v) is 5.35. The average Bonchev–Trinajstić information content (AvgIpc) is 2.69. The molecule has 0 fully saturated rings. The highest BCUT2D eigenvalue weighted by Gasteiger charge is 2.13. The molecule has 0 radical (unpaired) electrons. The lowest BCUT2D eigenvalue weighted by atomic mass is 9.85. The quantitative estimate of drug-likeness (QED) is 0.502. The standard InChI is InChI=1S/C26H26/c1-3-8-21(9-4-1)12-7-13-23-14-16-25-17-15-24(20-26(25)19-23)18-22-10-5-2-6-11-22/h1-6,8-11,14,16,18-19H,7,12-13,15,17,20H2/b24-18+. The molecular weight excluding hydrogens is 312 g/mol. The Morgan fingerprint density at radius 3 is 2.19 bits per heavy atom. The number of rotatable bonds is 5. The molecule has 0 aromatic heterocycles. The minimum Gasteiger partial charge on any atom is -0.0649 e. The number of benzene rings is 3. The van der Waals surface area contributed by atoms with Gasteiger partial charge in [0.15, 0.2) is 0 Å². The molecule has 0 saturated heterocycles. The Morgan fingerprint density at radius 1 is 0.654 bits per heavy atom. The van der Waals surface area contributed by atoms with E-state index in [0.717, 1.165) is 12.8 Å². The van der Waals surface area contributed by atoms with Crippen LogP contribution in [0.15, 0.2) is 84.4 Å². The monoisotopic (exact) mass is 338 g/mol. The van der Waals surface area contributed by atoms with Gasteiger partial charge in [0.05, 0.1) is 0 Å². The van der Waals surface area contributed by atoms with E-state index in [9.17, 15) is 0 Å². The summed E-state index contributed by atoms with van der Waals surface area (Å²) in [5.41, 5.74) is 8.90. The first-order valence-electron chi connectivity index (χ1n) is 9.76. The molecule has 0 N–H and O–H groups in total. The second-order valence-corrected chi connectivity index (χ2v) is 7.33. The summed E-state index contributed by atoms with van der Waals surface area (Å²) < 4.78 is 0. The Morgan fingerprint density at radius 2 is 1.38 bits per heavy atom. The van der Waals surface area contributed by atoms with Gasteiger partial charge in [-0.2, -0.15) is 0 Å². The van der Waals surface area contributed by atoms with Crippen molar-refractivity contribution in [2.45, 2.75) is 38.5 Å². The number of hydrogen-bond acceptors (Lipinski definition) is 0. The maximum Gasteiger partial charge on any atom is -0.00608 e. The Kier molecular flexibility index (Phi) is 5.30. The van der Waals surface area contributed by atoms with Crippen LogP contribution in [0.1, 0.15) is 40.7 Å². The molecule has 3 aromatic carbocycles. The average molecular weight is 338 g/mol. The van der Waals surface area contributed by atoms with Gasteiger partial charge in [-0.05, 0) is 66.3 Å². The zero-order valence-electron chi connectivity index (χ0n) is 15.3. The maximum absolute atomic E-state index is 2.46. The van der Waals surface area contributed by atoms with Gasteiger partial charge in [0.25, 0.3) is 0 Å². The minimum absolute atomic E-state index is 1.11. The highest BCUT2D eigenvalue weighted by Crippen LogP contribution is 2.28. The Bertz CT molecular complexity index is 872. The van der Waals surface area contributed by atoms with Crippen molar-refractivity contribution in [3.05, 3.63) is 112 Å². The van der Waals surface area contributed by atoms with Crippen LogP contribution in [0.2, 0.25) is 0 Å². The van der Waals surface area contributed by atoms with E-state index in [0.29, 0.717) is 0 Å². The van der Waals surface area contributed by atoms with Crippen molar-refractivity contribution in [2.75, 3.05) is 0 Å². The third kappa shape index (κ3) is 4.32. The zero-order valence-corrected chi connectivity index (χ0v) is 15.3. The van der Waals surface area contributed by atoms with E-state index in [1.54, 1.807) is 11.1 Å². The summed E-state index contributed by atoms with van der Waals surface area (Å²) in [6, 6.07) is 28.7. The van der Waals surface area contributed by atoms with Crippen molar-refractivity contribution in [1.82, 2.24) is 0 Å². The van der Waals surface area contributed by atoms with Gasteiger partial charge < -0.3 is 0 Å². The van der Waals surface area contributed by atoms with Crippen molar-refractivity contribution in [2.24, 2.45) is 0 Å². The lowest BCUT2D eigenvalue weighted by Gasteiger charge is -2.20. The normalized spacial score (nSPS) is 15.0. The van der Waals surface area contributed by atoms with Crippen molar-refractivity contribution in [3.8, 4) is 0 Å². The molecule has 0 spiro atoms.